The molecule has 6 heteroatoms. The smallest absolute Gasteiger partial charge is 0.335 e. The maximum Gasteiger partial charge on any atom is 0.335 e. The van der Waals surface area contributed by atoms with Crippen LogP contribution in [0, 0.1) is 0 Å². The van der Waals surface area contributed by atoms with Crippen molar-refractivity contribution < 1.29 is 24.2 Å². The van der Waals surface area contributed by atoms with Gasteiger partial charge >= 0.3 is 5.97 Å². The Morgan fingerprint density at radius 3 is 2.43 bits per heavy atom. The predicted molar refractivity (Wildman–Crippen MR) is 105 cm³/mol. The summed E-state index contributed by atoms with van der Waals surface area (Å²) in [6.07, 6.45) is 1.79. The molecule has 0 unspecified atom stereocenters. The molecule has 0 aromatic heterocycles. The molecule has 0 radical (unpaired) electrons. The summed E-state index contributed by atoms with van der Waals surface area (Å²) in [5, 5.41) is 9.14. The van der Waals surface area contributed by atoms with Gasteiger partial charge in [-0.2, -0.15) is 0 Å². The van der Waals surface area contributed by atoms with Crippen LogP contribution in [0.1, 0.15) is 41.3 Å². The number of nitrogens with zero attached hydrogens (tertiary/aromatic N) is 1. The molecular formula is C22H25NO5. The van der Waals surface area contributed by atoms with Crippen molar-refractivity contribution in [2.24, 2.45) is 0 Å². The van der Waals surface area contributed by atoms with Gasteiger partial charge in [-0.25, -0.2) is 4.79 Å². The molecule has 2 aromatic carbocycles. The molecule has 0 saturated heterocycles. The van der Waals surface area contributed by atoms with Crippen LogP contribution in [-0.4, -0.2) is 41.6 Å². The van der Waals surface area contributed by atoms with Gasteiger partial charge in [0.15, 0.2) is 0 Å². The molecule has 1 N–H and O–H groups in total. The van der Waals surface area contributed by atoms with E-state index in [-0.39, 0.29) is 11.5 Å². The minimum absolute atomic E-state index is 0.0710. The summed E-state index contributed by atoms with van der Waals surface area (Å²) >= 11 is 0. The van der Waals surface area contributed by atoms with Gasteiger partial charge in [0.05, 0.1) is 18.8 Å². The first-order valence-electron chi connectivity index (χ1n) is 9.55. The summed E-state index contributed by atoms with van der Waals surface area (Å²) < 4.78 is 11.1. The van der Waals surface area contributed by atoms with Gasteiger partial charge in [0.2, 0.25) is 5.91 Å². The first-order valence-corrected chi connectivity index (χ1v) is 9.55. The van der Waals surface area contributed by atoms with E-state index in [1.165, 1.54) is 0 Å². The Balaban J connectivity index is 1.45. The molecule has 0 bridgehead atoms. The minimum atomic E-state index is -0.947. The van der Waals surface area contributed by atoms with Crippen LogP contribution in [0.2, 0.25) is 0 Å². The van der Waals surface area contributed by atoms with Crippen molar-refractivity contribution in [2.75, 3.05) is 19.8 Å². The third-order valence-electron chi connectivity index (χ3n) is 4.76. The highest BCUT2D eigenvalue weighted by molar-refractivity contribution is 5.88. The summed E-state index contributed by atoms with van der Waals surface area (Å²) in [6.45, 7) is 4.16. The molecule has 0 spiro atoms. The predicted octanol–water partition coefficient (Wildman–Crippen LogP) is 3.53. The van der Waals surface area contributed by atoms with E-state index in [0.717, 1.165) is 29.0 Å². The normalized spacial score (nSPS) is 13.0. The second kappa shape index (κ2) is 9.26. The van der Waals surface area contributed by atoms with E-state index < -0.39 is 5.97 Å². The molecular weight excluding hydrogens is 358 g/mol. The van der Waals surface area contributed by atoms with E-state index in [2.05, 4.69) is 0 Å². The van der Waals surface area contributed by atoms with E-state index in [0.29, 0.717) is 39.1 Å². The topological polar surface area (TPSA) is 76.1 Å². The number of hydrogen-bond donors (Lipinski definition) is 1. The van der Waals surface area contributed by atoms with Gasteiger partial charge < -0.3 is 19.5 Å². The lowest BCUT2D eigenvalue weighted by molar-refractivity contribution is -0.132. The van der Waals surface area contributed by atoms with Crippen LogP contribution in [0.25, 0.3) is 0 Å². The summed E-state index contributed by atoms with van der Waals surface area (Å²) in [6, 6.07) is 12.6. The average molecular weight is 383 g/mol. The highest BCUT2D eigenvalue weighted by Crippen LogP contribution is 2.22. The van der Waals surface area contributed by atoms with Crippen molar-refractivity contribution in [3.05, 3.63) is 59.2 Å². The third kappa shape index (κ3) is 5.03. The molecule has 1 amide bonds. The van der Waals surface area contributed by atoms with Crippen LogP contribution < -0.4 is 9.47 Å². The maximum absolute atomic E-state index is 12.5. The fourth-order valence-electron chi connectivity index (χ4n) is 3.27. The zero-order chi connectivity index (χ0) is 19.9. The number of amides is 1. The van der Waals surface area contributed by atoms with Gasteiger partial charge in [0.1, 0.15) is 11.5 Å². The summed E-state index contributed by atoms with van der Waals surface area (Å²) in [5.41, 5.74) is 2.30. The molecule has 1 aliphatic rings. The Morgan fingerprint density at radius 2 is 1.75 bits per heavy atom. The SMILES string of the molecule is CCOc1ccc(OCCCC(=O)N2CCc3ccc(C(=O)O)cc3C2)cc1. The van der Waals surface area contributed by atoms with Crippen molar-refractivity contribution in [2.45, 2.75) is 32.7 Å². The number of rotatable bonds is 8. The summed E-state index contributed by atoms with van der Waals surface area (Å²) in [5.74, 6) is 0.685. The highest BCUT2D eigenvalue weighted by Gasteiger charge is 2.21. The van der Waals surface area contributed by atoms with E-state index in [9.17, 15) is 9.59 Å². The minimum Gasteiger partial charge on any atom is -0.494 e. The second-order valence-corrected chi connectivity index (χ2v) is 6.71. The van der Waals surface area contributed by atoms with Gasteiger partial charge in [-0.05, 0) is 67.3 Å². The van der Waals surface area contributed by atoms with Gasteiger partial charge in [-0.1, -0.05) is 6.07 Å². The van der Waals surface area contributed by atoms with Gasteiger partial charge in [0.25, 0.3) is 0 Å². The number of aromatic carboxylic acids is 1. The molecule has 0 saturated carbocycles. The number of benzene rings is 2. The number of carboxylic acids is 1. The third-order valence-corrected chi connectivity index (χ3v) is 4.76. The van der Waals surface area contributed by atoms with Crippen molar-refractivity contribution in [3.63, 3.8) is 0 Å². The maximum atomic E-state index is 12.5. The number of carboxylic acid groups (broad SMARTS) is 1. The largest absolute Gasteiger partial charge is 0.494 e. The quantitative estimate of drug-likeness (QED) is 0.706. The Bertz CT molecular complexity index is 831. The van der Waals surface area contributed by atoms with Crippen molar-refractivity contribution in [3.8, 4) is 11.5 Å². The van der Waals surface area contributed by atoms with Crippen molar-refractivity contribution in [1.82, 2.24) is 4.90 Å². The van der Waals surface area contributed by atoms with Crippen LogP contribution in [0.4, 0.5) is 0 Å². The molecule has 0 atom stereocenters. The van der Waals surface area contributed by atoms with Crippen molar-refractivity contribution >= 4 is 11.9 Å². The zero-order valence-electron chi connectivity index (χ0n) is 16.0. The molecule has 0 aliphatic carbocycles. The van der Waals surface area contributed by atoms with Gasteiger partial charge in [-0.3, -0.25) is 4.79 Å². The van der Waals surface area contributed by atoms with Crippen LogP contribution in [-0.2, 0) is 17.8 Å². The summed E-state index contributed by atoms with van der Waals surface area (Å²) in [4.78, 5) is 25.4. The summed E-state index contributed by atoms with van der Waals surface area (Å²) in [7, 11) is 0. The molecule has 0 fully saturated rings. The molecule has 3 rings (SSSR count). The standard InChI is InChI=1S/C22H25NO5/c1-2-27-19-7-9-20(10-8-19)28-13-3-4-21(24)23-12-11-16-5-6-17(22(25)26)14-18(16)15-23/h5-10,14H,2-4,11-13,15H2,1H3,(H,25,26). The Labute approximate surface area is 164 Å². The van der Waals surface area contributed by atoms with Gasteiger partial charge in [0, 0.05) is 19.5 Å². The molecule has 28 heavy (non-hydrogen) atoms. The van der Waals surface area contributed by atoms with Crippen LogP contribution in [0.5, 0.6) is 11.5 Å². The Morgan fingerprint density at radius 1 is 1.04 bits per heavy atom. The lowest BCUT2D eigenvalue weighted by Crippen LogP contribution is -2.36. The number of fused-ring (bicyclic) bond motifs is 1. The Hall–Kier alpha value is -3.02. The fourth-order valence-corrected chi connectivity index (χ4v) is 3.27. The average Bonchev–Trinajstić information content (AvgIpc) is 2.71. The highest BCUT2D eigenvalue weighted by atomic mass is 16.5. The first kappa shape index (κ1) is 19.7. The monoisotopic (exact) mass is 383 g/mol. The number of ether oxygens (including phenoxy) is 2. The first-order chi connectivity index (χ1) is 13.6. The van der Waals surface area contributed by atoms with Crippen molar-refractivity contribution in [1.29, 1.82) is 0 Å². The lowest BCUT2D eigenvalue weighted by atomic mass is 9.97. The van der Waals surface area contributed by atoms with Crippen LogP contribution in [0.15, 0.2) is 42.5 Å². The number of carbonyl (C=O) groups is 2. The van der Waals surface area contributed by atoms with E-state index in [4.69, 9.17) is 14.6 Å². The molecule has 148 valence electrons. The van der Waals surface area contributed by atoms with Crippen LogP contribution >= 0.6 is 0 Å². The molecule has 1 heterocycles. The molecule has 6 nitrogen and oxygen atoms in total. The molecule has 1 aliphatic heterocycles. The van der Waals surface area contributed by atoms with E-state index in [1.54, 1.807) is 17.0 Å². The lowest BCUT2D eigenvalue weighted by Gasteiger charge is -2.29. The molecule has 2 aromatic rings. The van der Waals surface area contributed by atoms with Gasteiger partial charge in [-0.15, -0.1) is 0 Å². The van der Waals surface area contributed by atoms with E-state index >= 15 is 0 Å². The van der Waals surface area contributed by atoms with E-state index in [1.807, 2.05) is 37.3 Å². The second-order valence-electron chi connectivity index (χ2n) is 6.71. The number of hydrogen-bond acceptors (Lipinski definition) is 4. The fraction of sp³-hybridized carbons (Fsp3) is 0.364. The zero-order valence-corrected chi connectivity index (χ0v) is 16.0. The number of carbonyl (C=O) groups excluding carboxylic acids is 1. The van der Waals surface area contributed by atoms with Crippen LogP contribution in [0.3, 0.4) is 0 Å². The Kier molecular flexibility index (Phi) is 6.53.